The van der Waals surface area contributed by atoms with Crippen LogP contribution in [0.3, 0.4) is 0 Å². The average molecular weight is 304 g/mol. The van der Waals surface area contributed by atoms with Crippen molar-refractivity contribution in [2.24, 2.45) is 4.99 Å². The molecule has 0 bridgehead atoms. The molecule has 6 heteroatoms. The summed E-state index contributed by atoms with van der Waals surface area (Å²) in [4.78, 5) is 5.45. The van der Waals surface area contributed by atoms with E-state index < -0.39 is 0 Å². The molecule has 1 saturated heterocycles. The van der Waals surface area contributed by atoms with Gasteiger partial charge >= 0.3 is 0 Å². The molecule has 0 aromatic carbocycles. The van der Waals surface area contributed by atoms with Crippen LogP contribution in [0.25, 0.3) is 0 Å². The smallest absolute Gasteiger partial charge is 0.191 e. The SMILES string of the molecule is CN=C(NCc1ccc(Cl)s1)NCC1CCCS1. The molecule has 0 aliphatic carbocycles. The van der Waals surface area contributed by atoms with Crippen LogP contribution < -0.4 is 10.6 Å². The molecule has 1 aliphatic rings. The Labute approximate surface area is 121 Å². The number of thiophene rings is 1. The number of hydrogen-bond donors (Lipinski definition) is 2. The summed E-state index contributed by atoms with van der Waals surface area (Å²) in [5.41, 5.74) is 0. The third kappa shape index (κ3) is 4.37. The highest BCUT2D eigenvalue weighted by atomic mass is 35.5. The Hall–Kier alpha value is -0.390. The molecule has 3 nitrogen and oxygen atoms in total. The fraction of sp³-hybridized carbons (Fsp3) is 0.583. The number of aliphatic imine (C=N–C) groups is 1. The molecule has 2 rings (SSSR count). The number of thioether (sulfide) groups is 1. The van der Waals surface area contributed by atoms with Crippen molar-refractivity contribution in [2.45, 2.75) is 24.6 Å². The fourth-order valence-electron chi connectivity index (χ4n) is 1.85. The zero-order chi connectivity index (χ0) is 12.8. The summed E-state index contributed by atoms with van der Waals surface area (Å²) in [6.07, 6.45) is 2.66. The molecule has 0 amide bonds. The third-order valence-corrected chi connectivity index (χ3v) is 5.43. The topological polar surface area (TPSA) is 36.4 Å². The first-order valence-electron chi connectivity index (χ1n) is 6.08. The number of halogens is 1. The predicted molar refractivity (Wildman–Crippen MR) is 83.0 cm³/mol. The van der Waals surface area contributed by atoms with Gasteiger partial charge < -0.3 is 10.6 Å². The Balaban J connectivity index is 1.72. The number of hydrogen-bond acceptors (Lipinski definition) is 3. The lowest BCUT2D eigenvalue weighted by Crippen LogP contribution is -2.39. The summed E-state index contributed by atoms with van der Waals surface area (Å²) in [6.45, 7) is 1.77. The second kappa shape index (κ2) is 7.26. The van der Waals surface area contributed by atoms with Gasteiger partial charge in [-0.05, 0) is 30.7 Å². The highest BCUT2D eigenvalue weighted by molar-refractivity contribution is 8.00. The molecule has 1 unspecified atom stereocenters. The number of nitrogens with zero attached hydrogens (tertiary/aromatic N) is 1. The maximum absolute atomic E-state index is 5.90. The minimum absolute atomic E-state index is 0.736. The molecule has 2 heterocycles. The van der Waals surface area contributed by atoms with Crippen LogP contribution >= 0.6 is 34.7 Å². The largest absolute Gasteiger partial charge is 0.355 e. The molecule has 0 radical (unpaired) electrons. The van der Waals surface area contributed by atoms with Crippen molar-refractivity contribution in [3.63, 3.8) is 0 Å². The van der Waals surface area contributed by atoms with E-state index in [2.05, 4.69) is 27.4 Å². The van der Waals surface area contributed by atoms with Gasteiger partial charge in [0.1, 0.15) is 0 Å². The lowest BCUT2D eigenvalue weighted by molar-refractivity contribution is 0.727. The Morgan fingerprint density at radius 3 is 3.00 bits per heavy atom. The van der Waals surface area contributed by atoms with Gasteiger partial charge in [0.2, 0.25) is 0 Å². The van der Waals surface area contributed by atoms with Crippen LogP contribution in [-0.4, -0.2) is 30.6 Å². The van der Waals surface area contributed by atoms with Crippen molar-refractivity contribution >= 4 is 40.7 Å². The Kier molecular flexibility index (Phi) is 5.66. The zero-order valence-corrected chi connectivity index (χ0v) is 12.8. The quantitative estimate of drug-likeness (QED) is 0.663. The highest BCUT2D eigenvalue weighted by Gasteiger charge is 2.15. The molecule has 1 aliphatic heterocycles. The van der Waals surface area contributed by atoms with E-state index in [1.807, 2.05) is 12.1 Å². The predicted octanol–water partition coefficient (Wildman–Crippen LogP) is 2.96. The van der Waals surface area contributed by atoms with Crippen molar-refractivity contribution in [3.05, 3.63) is 21.3 Å². The first-order chi connectivity index (χ1) is 8.78. The van der Waals surface area contributed by atoms with Gasteiger partial charge in [-0.15, -0.1) is 11.3 Å². The lowest BCUT2D eigenvalue weighted by atomic mass is 10.2. The normalized spacial score (nSPS) is 20.1. The van der Waals surface area contributed by atoms with Crippen LogP contribution in [0.15, 0.2) is 17.1 Å². The van der Waals surface area contributed by atoms with Crippen molar-refractivity contribution in [1.29, 1.82) is 0 Å². The van der Waals surface area contributed by atoms with Crippen LogP contribution in [0.1, 0.15) is 17.7 Å². The van der Waals surface area contributed by atoms with Crippen LogP contribution in [0, 0.1) is 0 Å². The molecular weight excluding hydrogens is 286 g/mol. The van der Waals surface area contributed by atoms with Crippen LogP contribution in [-0.2, 0) is 6.54 Å². The van der Waals surface area contributed by atoms with Crippen molar-refractivity contribution < 1.29 is 0 Å². The van der Waals surface area contributed by atoms with E-state index in [1.165, 1.54) is 23.5 Å². The van der Waals surface area contributed by atoms with E-state index in [4.69, 9.17) is 11.6 Å². The Bertz CT molecular complexity index is 400. The maximum Gasteiger partial charge on any atom is 0.191 e. The van der Waals surface area contributed by atoms with Gasteiger partial charge in [0.15, 0.2) is 5.96 Å². The number of guanidine groups is 1. The molecule has 0 spiro atoms. The van der Waals surface area contributed by atoms with Gasteiger partial charge in [-0.1, -0.05) is 11.6 Å². The Morgan fingerprint density at radius 2 is 2.39 bits per heavy atom. The van der Waals surface area contributed by atoms with E-state index in [0.717, 1.165) is 28.6 Å². The molecule has 100 valence electrons. The standard InChI is InChI=1S/C12H18ClN3S2/c1-14-12(15-7-9-3-2-6-17-9)16-8-10-4-5-11(13)18-10/h4-5,9H,2-3,6-8H2,1H3,(H2,14,15,16). The van der Waals surface area contributed by atoms with Gasteiger partial charge in [0.05, 0.1) is 10.9 Å². The summed E-state index contributed by atoms with van der Waals surface area (Å²) >= 11 is 9.55. The molecule has 18 heavy (non-hydrogen) atoms. The fourth-order valence-corrected chi connectivity index (χ4v) is 4.08. The number of nitrogens with one attached hydrogen (secondary N) is 2. The van der Waals surface area contributed by atoms with E-state index in [0.29, 0.717) is 0 Å². The molecule has 0 saturated carbocycles. The van der Waals surface area contributed by atoms with Crippen LogP contribution in [0.4, 0.5) is 0 Å². The first kappa shape index (κ1) is 14.0. The highest BCUT2D eigenvalue weighted by Crippen LogP contribution is 2.25. The van der Waals surface area contributed by atoms with Gasteiger partial charge in [0, 0.05) is 23.7 Å². The molecule has 1 aromatic heterocycles. The monoisotopic (exact) mass is 303 g/mol. The second-order valence-electron chi connectivity index (χ2n) is 4.15. The Morgan fingerprint density at radius 1 is 1.50 bits per heavy atom. The zero-order valence-electron chi connectivity index (χ0n) is 10.4. The van der Waals surface area contributed by atoms with Gasteiger partial charge in [0.25, 0.3) is 0 Å². The van der Waals surface area contributed by atoms with E-state index in [9.17, 15) is 0 Å². The maximum atomic E-state index is 5.90. The summed E-state index contributed by atoms with van der Waals surface area (Å²) in [5, 5.41) is 7.42. The first-order valence-corrected chi connectivity index (χ1v) is 8.32. The molecule has 1 atom stereocenters. The number of rotatable bonds is 4. The summed E-state index contributed by atoms with van der Waals surface area (Å²) in [6, 6.07) is 3.97. The average Bonchev–Trinajstić information content (AvgIpc) is 3.01. The molecule has 1 aromatic rings. The van der Waals surface area contributed by atoms with Crippen LogP contribution in [0.2, 0.25) is 4.34 Å². The van der Waals surface area contributed by atoms with E-state index >= 15 is 0 Å². The summed E-state index contributed by atoms with van der Waals surface area (Å²) < 4.78 is 0.831. The van der Waals surface area contributed by atoms with Crippen molar-refractivity contribution in [3.8, 4) is 0 Å². The van der Waals surface area contributed by atoms with Gasteiger partial charge in [-0.25, -0.2) is 0 Å². The van der Waals surface area contributed by atoms with E-state index in [1.54, 1.807) is 18.4 Å². The summed E-state index contributed by atoms with van der Waals surface area (Å²) in [5.74, 6) is 2.17. The minimum atomic E-state index is 0.736. The second-order valence-corrected chi connectivity index (χ2v) is 7.36. The third-order valence-electron chi connectivity index (χ3n) is 2.80. The van der Waals surface area contributed by atoms with Crippen molar-refractivity contribution in [2.75, 3.05) is 19.3 Å². The van der Waals surface area contributed by atoms with Gasteiger partial charge in [-0.2, -0.15) is 11.8 Å². The van der Waals surface area contributed by atoms with Gasteiger partial charge in [-0.3, -0.25) is 4.99 Å². The van der Waals surface area contributed by atoms with Crippen LogP contribution in [0.5, 0.6) is 0 Å². The van der Waals surface area contributed by atoms with Crippen molar-refractivity contribution in [1.82, 2.24) is 10.6 Å². The summed E-state index contributed by atoms with van der Waals surface area (Å²) in [7, 11) is 1.80. The molecule has 2 N–H and O–H groups in total. The minimum Gasteiger partial charge on any atom is -0.355 e. The molecular formula is C12H18ClN3S2. The molecule has 1 fully saturated rings. The van der Waals surface area contributed by atoms with E-state index in [-0.39, 0.29) is 0 Å². The lowest BCUT2D eigenvalue weighted by Gasteiger charge is -2.14.